The first-order valence-electron chi connectivity index (χ1n) is 12.0. The molecule has 0 rings (SSSR count). The Hall–Kier alpha value is -1.58. The number of unbranched alkanes of at least 4 members (excludes halogenated alkanes) is 10. The SMILES string of the molecule is C=CCCCCCCCC(=O)N(C)C.CC/C=C/CCCCCCCC(=O)N(C)C. The van der Waals surface area contributed by atoms with Gasteiger partial charge in [-0.05, 0) is 44.9 Å². The molecule has 0 radical (unpaired) electrons. The van der Waals surface area contributed by atoms with Crippen LogP contribution in [0.4, 0.5) is 0 Å². The molecule has 0 aliphatic rings. The highest BCUT2D eigenvalue weighted by atomic mass is 16.2. The molecule has 0 saturated heterocycles. The van der Waals surface area contributed by atoms with E-state index in [1.165, 1.54) is 57.8 Å². The van der Waals surface area contributed by atoms with Gasteiger partial charge in [0, 0.05) is 41.0 Å². The molecule has 0 spiro atoms. The molecule has 0 fully saturated rings. The van der Waals surface area contributed by atoms with Crippen molar-refractivity contribution in [3.63, 3.8) is 0 Å². The molecule has 0 aromatic heterocycles. The molecule has 176 valence electrons. The fraction of sp³-hybridized carbons (Fsp3) is 0.769. The lowest BCUT2D eigenvalue weighted by molar-refractivity contribution is -0.129. The summed E-state index contributed by atoms with van der Waals surface area (Å²) in [6, 6.07) is 0. The van der Waals surface area contributed by atoms with E-state index in [0.717, 1.165) is 25.7 Å². The van der Waals surface area contributed by atoms with Crippen molar-refractivity contribution in [2.45, 2.75) is 103 Å². The Morgan fingerprint density at radius 1 is 0.633 bits per heavy atom. The van der Waals surface area contributed by atoms with Crippen LogP contribution in [0.25, 0.3) is 0 Å². The number of hydrogen-bond donors (Lipinski definition) is 0. The maximum Gasteiger partial charge on any atom is 0.222 e. The van der Waals surface area contributed by atoms with Crippen LogP contribution in [0, 0.1) is 0 Å². The fourth-order valence-corrected chi connectivity index (χ4v) is 2.90. The second-order valence-corrected chi connectivity index (χ2v) is 8.36. The molecule has 0 heterocycles. The number of allylic oxidation sites excluding steroid dienone is 3. The van der Waals surface area contributed by atoms with Crippen LogP contribution in [0.15, 0.2) is 24.8 Å². The number of hydrogen-bond acceptors (Lipinski definition) is 2. The zero-order chi connectivity index (χ0) is 23.0. The van der Waals surface area contributed by atoms with E-state index in [-0.39, 0.29) is 11.8 Å². The van der Waals surface area contributed by atoms with Crippen molar-refractivity contribution in [3.8, 4) is 0 Å². The third-order valence-electron chi connectivity index (χ3n) is 4.96. The number of nitrogens with zero attached hydrogens (tertiary/aromatic N) is 2. The zero-order valence-corrected chi connectivity index (χ0v) is 20.8. The van der Waals surface area contributed by atoms with E-state index in [2.05, 4.69) is 25.7 Å². The average molecular weight is 423 g/mol. The summed E-state index contributed by atoms with van der Waals surface area (Å²) in [5.41, 5.74) is 0. The van der Waals surface area contributed by atoms with Gasteiger partial charge in [-0.2, -0.15) is 0 Å². The summed E-state index contributed by atoms with van der Waals surface area (Å²) >= 11 is 0. The molecule has 0 atom stereocenters. The molecule has 4 nitrogen and oxygen atoms in total. The van der Waals surface area contributed by atoms with E-state index in [0.29, 0.717) is 12.8 Å². The van der Waals surface area contributed by atoms with Crippen LogP contribution >= 0.6 is 0 Å². The van der Waals surface area contributed by atoms with E-state index in [1.807, 2.05) is 34.3 Å². The van der Waals surface area contributed by atoms with Crippen molar-refractivity contribution >= 4 is 11.8 Å². The fourth-order valence-electron chi connectivity index (χ4n) is 2.90. The van der Waals surface area contributed by atoms with Crippen molar-refractivity contribution < 1.29 is 9.59 Å². The number of amides is 2. The smallest absolute Gasteiger partial charge is 0.222 e. The lowest BCUT2D eigenvalue weighted by Gasteiger charge is -2.09. The first-order valence-corrected chi connectivity index (χ1v) is 12.0. The largest absolute Gasteiger partial charge is 0.349 e. The summed E-state index contributed by atoms with van der Waals surface area (Å²) in [6.45, 7) is 5.85. The summed E-state index contributed by atoms with van der Waals surface area (Å²) in [5, 5.41) is 0. The summed E-state index contributed by atoms with van der Waals surface area (Å²) in [4.78, 5) is 25.8. The molecule has 30 heavy (non-hydrogen) atoms. The van der Waals surface area contributed by atoms with E-state index < -0.39 is 0 Å². The summed E-state index contributed by atoms with van der Waals surface area (Å²) < 4.78 is 0. The van der Waals surface area contributed by atoms with E-state index >= 15 is 0 Å². The molecule has 0 saturated carbocycles. The second-order valence-electron chi connectivity index (χ2n) is 8.36. The quantitative estimate of drug-likeness (QED) is 0.192. The minimum atomic E-state index is 0.246. The van der Waals surface area contributed by atoms with Crippen LogP contribution < -0.4 is 0 Å². The van der Waals surface area contributed by atoms with Gasteiger partial charge in [-0.15, -0.1) is 6.58 Å². The van der Waals surface area contributed by atoms with Crippen molar-refractivity contribution in [3.05, 3.63) is 24.8 Å². The van der Waals surface area contributed by atoms with Gasteiger partial charge in [0.2, 0.25) is 11.8 Å². The first kappa shape index (κ1) is 30.6. The van der Waals surface area contributed by atoms with E-state index in [4.69, 9.17) is 0 Å². The molecule has 2 amide bonds. The van der Waals surface area contributed by atoms with Gasteiger partial charge < -0.3 is 9.80 Å². The molecule has 0 aliphatic carbocycles. The Bertz CT molecular complexity index is 442. The molecule has 0 aliphatic heterocycles. The predicted molar refractivity (Wildman–Crippen MR) is 132 cm³/mol. The third kappa shape index (κ3) is 24.5. The predicted octanol–water partition coefficient (Wildman–Crippen LogP) is 6.76. The van der Waals surface area contributed by atoms with Gasteiger partial charge in [0.05, 0.1) is 0 Å². The third-order valence-corrected chi connectivity index (χ3v) is 4.96. The molecule has 0 aromatic rings. The van der Waals surface area contributed by atoms with Gasteiger partial charge in [-0.3, -0.25) is 9.59 Å². The van der Waals surface area contributed by atoms with Crippen LogP contribution in [0.1, 0.15) is 103 Å². The molecule has 0 bridgehead atoms. The van der Waals surface area contributed by atoms with Crippen molar-refractivity contribution in [2.24, 2.45) is 0 Å². The lowest BCUT2D eigenvalue weighted by Crippen LogP contribution is -2.20. The lowest BCUT2D eigenvalue weighted by atomic mass is 10.1. The Labute approximate surface area is 187 Å². The monoisotopic (exact) mass is 422 g/mol. The molecule has 0 aromatic carbocycles. The minimum Gasteiger partial charge on any atom is -0.349 e. The Morgan fingerprint density at radius 3 is 1.43 bits per heavy atom. The molecule has 0 N–H and O–H groups in total. The summed E-state index contributed by atoms with van der Waals surface area (Å²) in [6.07, 6.45) is 23.4. The maximum atomic E-state index is 11.3. The highest BCUT2D eigenvalue weighted by molar-refractivity contribution is 5.75. The summed E-state index contributed by atoms with van der Waals surface area (Å²) in [7, 11) is 7.27. The highest BCUT2D eigenvalue weighted by Gasteiger charge is 2.03. The molecular weight excluding hydrogens is 372 g/mol. The normalized spacial score (nSPS) is 10.4. The first-order chi connectivity index (χ1) is 14.4. The van der Waals surface area contributed by atoms with Gasteiger partial charge >= 0.3 is 0 Å². The van der Waals surface area contributed by atoms with Crippen molar-refractivity contribution in [2.75, 3.05) is 28.2 Å². The highest BCUT2D eigenvalue weighted by Crippen LogP contribution is 2.09. The maximum absolute atomic E-state index is 11.3. The van der Waals surface area contributed by atoms with Crippen LogP contribution in [0.3, 0.4) is 0 Å². The van der Waals surface area contributed by atoms with Gasteiger partial charge in [-0.25, -0.2) is 0 Å². The van der Waals surface area contributed by atoms with E-state index in [1.54, 1.807) is 9.80 Å². The van der Waals surface area contributed by atoms with Crippen LogP contribution in [0.2, 0.25) is 0 Å². The van der Waals surface area contributed by atoms with E-state index in [9.17, 15) is 9.59 Å². The van der Waals surface area contributed by atoms with Crippen LogP contribution in [0.5, 0.6) is 0 Å². The Morgan fingerprint density at radius 2 is 1.03 bits per heavy atom. The number of carbonyl (C=O) groups excluding carboxylic acids is 2. The number of rotatable bonds is 17. The van der Waals surface area contributed by atoms with Crippen molar-refractivity contribution in [1.82, 2.24) is 9.80 Å². The van der Waals surface area contributed by atoms with Crippen LogP contribution in [-0.4, -0.2) is 49.8 Å². The Balaban J connectivity index is 0. The molecule has 0 unspecified atom stereocenters. The average Bonchev–Trinajstić information content (AvgIpc) is 2.71. The van der Waals surface area contributed by atoms with Gasteiger partial charge in [0.15, 0.2) is 0 Å². The number of carbonyl (C=O) groups is 2. The zero-order valence-electron chi connectivity index (χ0n) is 20.8. The minimum absolute atomic E-state index is 0.246. The topological polar surface area (TPSA) is 40.6 Å². The molecule has 4 heteroatoms. The van der Waals surface area contributed by atoms with Gasteiger partial charge in [0.1, 0.15) is 0 Å². The molecular formula is C26H50N2O2. The Kier molecular flexibility index (Phi) is 24.2. The summed E-state index contributed by atoms with van der Waals surface area (Å²) in [5.74, 6) is 0.502. The van der Waals surface area contributed by atoms with Gasteiger partial charge in [-0.1, -0.05) is 63.7 Å². The van der Waals surface area contributed by atoms with Crippen molar-refractivity contribution in [1.29, 1.82) is 0 Å². The second kappa shape index (κ2) is 23.7. The van der Waals surface area contributed by atoms with Gasteiger partial charge in [0.25, 0.3) is 0 Å². The van der Waals surface area contributed by atoms with Crippen LogP contribution in [-0.2, 0) is 9.59 Å². The standard InChI is InChI=1S/C14H27NO.C12H23NO/c1-4-5-6-7-8-9-10-11-12-13-14(16)15(2)3;1-4-5-6-7-8-9-10-11-12(14)13(2)3/h5-6H,4,7-13H2,1-3H3;4H,1,5-11H2,2-3H3/b6-5+;.